The first-order valence-electron chi connectivity index (χ1n) is 10.4. The van der Waals surface area contributed by atoms with Gasteiger partial charge >= 0.3 is 5.97 Å². The van der Waals surface area contributed by atoms with Crippen LogP contribution in [-0.2, 0) is 24.2 Å². The van der Waals surface area contributed by atoms with Gasteiger partial charge in [0.15, 0.2) is 0 Å². The Balaban J connectivity index is 1.42. The maximum absolute atomic E-state index is 11.5. The second-order valence-electron chi connectivity index (χ2n) is 7.83. The van der Waals surface area contributed by atoms with Gasteiger partial charge in [-0.15, -0.1) is 0 Å². The molecule has 3 heterocycles. The predicted octanol–water partition coefficient (Wildman–Crippen LogP) is 5.18. The van der Waals surface area contributed by atoms with E-state index < -0.39 is 5.97 Å². The normalized spacial score (nSPS) is 14.0. The molecule has 1 unspecified atom stereocenters. The highest BCUT2D eigenvalue weighted by Gasteiger charge is 2.21. The molecular weight excluding hydrogens is 435 g/mol. The standard InChI is InChI=1S/C23H24Cl2N4O2/c24-18-9-16(10-19(25)11-18)21(12-22(30)31)17-13-27-29(14-17)8-2-4-20-6-5-15-3-1-7-26-23(15)28-20/h5-6,9-11,13-14,21H,1-4,7-8,12H2,(H,26,28)(H,30,31). The summed E-state index contributed by atoms with van der Waals surface area (Å²) in [5.74, 6) is -0.237. The van der Waals surface area contributed by atoms with Crippen molar-refractivity contribution in [3.05, 3.63) is 75.2 Å². The number of aliphatic carboxylic acids is 1. The maximum Gasteiger partial charge on any atom is 0.304 e. The zero-order chi connectivity index (χ0) is 21.8. The number of fused-ring (bicyclic) bond motifs is 1. The van der Waals surface area contributed by atoms with Gasteiger partial charge in [0.1, 0.15) is 5.82 Å². The fraction of sp³-hybridized carbons (Fsp3) is 0.348. The van der Waals surface area contributed by atoms with Crippen LogP contribution in [0.25, 0.3) is 0 Å². The molecule has 0 fully saturated rings. The van der Waals surface area contributed by atoms with E-state index in [0.717, 1.165) is 61.4 Å². The number of carbonyl (C=O) groups is 1. The van der Waals surface area contributed by atoms with Crippen molar-refractivity contribution >= 4 is 35.0 Å². The SMILES string of the molecule is O=C(O)CC(c1cc(Cl)cc(Cl)c1)c1cnn(CCCc2ccc3c(n2)NCCC3)c1. The summed E-state index contributed by atoms with van der Waals surface area (Å²) in [6.45, 7) is 1.71. The number of hydrogen-bond acceptors (Lipinski definition) is 4. The molecule has 0 radical (unpaired) electrons. The van der Waals surface area contributed by atoms with Crippen molar-refractivity contribution in [3.8, 4) is 0 Å². The van der Waals surface area contributed by atoms with Crippen LogP contribution < -0.4 is 5.32 Å². The summed E-state index contributed by atoms with van der Waals surface area (Å²) >= 11 is 12.3. The van der Waals surface area contributed by atoms with E-state index in [4.69, 9.17) is 28.2 Å². The van der Waals surface area contributed by atoms with Gasteiger partial charge in [-0.3, -0.25) is 9.48 Å². The number of anilines is 1. The third-order valence-corrected chi connectivity index (χ3v) is 5.93. The largest absolute Gasteiger partial charge is 0.481 e. The smallest absolute Gasteiger partial charge is 0.304 e. The van der Waals surface area contributed by atoms with Crippen LogP contribution in [0.15, 0.2) is 42.7 Å². The van der Waals surface area contributed by atoms with Gasteiger partial charge in [0.25, 0.3) is 0 Å². The number of hydrogen-bond donors (Lipinski definition) is 2. The molecule has 0 bridgehead atoms. The summed E-state index contributed by atoms with van der Waals surface area (Å²) in [5.41, 5.74) is 3.96. The van der Waals surface area contributed by atoms with Gasteiger partial charge in [0.05, 0.1) is 12.6 Å². The fourth-order valence-corrected chi connectivity index (χ4v) is 4.53. The van der Waals surface area contributed by atoms with E-state index >= 15 is 0 Å². The highest BCUT2D eigenvalue weighted by atomic mass is 35.5. The highest BCUT2D eigenvalue weighted by molar-refractivity contribution is 6.34. The van der Waals surface area contributed by atoms with Crippen LogP contribution >= 0.6 is 23.2 Å². The molecule has 0 aliphatic carbocycles. The first kappa shape index (κ1) is 21.7. The number of carboxylic acid groups (broad SMARTS) is 1. The van der Waals surface area contributed by atoms with Crippen LogP contribution in [-0.4, -0.2) is 32.4 Å². The van der Waals surface area contributed by atoms with E-state index in [1.807, 2.05) is 10.9 Å². The number of aromatic nitrogens is 3. The van der Waals surface area contributed by atoms with Crippen LogP contribution in [0.3, 0.4) is 0 Å². The van der Waals surface area contributed by atoms with Crippen LogP contribution in [0, 0.1) is 0 Å². The van der Waals surface area contributed by atoms with Gasteiger partial charge in [0.2, 0.25) is 0 Å². The molecule has 4 rings (SSSR count). The summed E-state index contributed by atoms with van der Waals surface area (Å²) < 4.78 is 1.85. The molecule has 0 saturated heterocycles. The lowest BCUT2D eigenvalue weighted by atomic mass is 9.90. The summed E-state index contributed by atoms with van der Waals surface area (Å²) in [6.07, 6.45) is 7.55. The minimum absolute atomic E-state index is 0.0611. The Hall–Kier alpha value is -2.57. The van der Waals surface area contributed by atoms with Crippen molar-refractivity contribution in [2.24, 2.45) is 0 Å². The molecular formula is C23H24Cl2N4O2. The molecule has 0 amide bonds. The molecule has 6 nitrogen and oxygen atoms in total. The Morgan fingerprint density at radius 3 is 2.77 bits per heavy atom. The van der Waals surface area contributed by atoms with Crippen LogP contribution in [0.1, 0.15) is 47.6 Å². The molecule has 31 heavy (non-hydrogen) atoms. The van der Waals surface area contributed by atoms with E-state index in [1.165, 1.54) is 5.56 Å². The second kappa shape index (κ2) is 9.71. The number of nitrogens with one attached hydrogen (secondary N) is 1. The summed E-state index contributed by atoms with van der Waals surface area (Å²) in [7, 11) is 0. The lowest BCUT2D eigenvalue weighted by Gasteiger charge is -2.17. The second-order valence-corrected chi connectivity index (χ2v) is 8.71. The molecule has 3 aromatic rings. The molecule has 0 saturated carbocycles. The zero-order valence-corrected chi connectivity index (χ0v) is 18.5. The third-order valence-electron chi connectivity index (χ3n) is 5.49. The maximum atomic E-state index is 11.5. The van der Waals surface area contributed by atoms with Crippen LogP contribution in [0.4, 0.5) is 5.82 Å². The van der Waals surface area contributed by atoms with Crippen LogP contribution in [0.5, 0.6) is 0 Å². The fourth-order valence-electron chi connectivity index (χ4n) is 3.99. The Labute approximate surface area is 191 Å². The molecule has 2 aromatic heterocycles. The van der Waals surface area contributed by atoms with Crippen molar-refractivity contribution in [2.45, 2.75) is 44.6 Å². The van der Waals surface area contributed by atoms with Gasteiger partial charge in [-0.05, 0) is 66.6 Å². The van der Waals surface area contributed by atoms with Crippen molar-refractivity contribution in [1.82, 2.24) is 14.8 Å². The highest BCUT2D eigenvalue weighted by Crippen LogP contribution is 2.32. The Morgan fingerprint density at radius 2 is 2.00 bits per heavy atom. The zero-order valence-electron chi connectivity index (χ0n) is 17.0. The van der Waals surface area contributed by atoms with Gasteiger partial charge in [-0.25, -0.2) is 4.98 Å². The molecule has 1 aliphatic rings. The number of rotatable bonds is 8. The average molecular weight is 459 g/mol. The minimum Gasteiger partial charge on any atom is -0.481 e. The Morgan fingerprint density at radius 1 is 1.19 bits per heavy atom. The van der Waals surface area contributed by atoms with Crippen molar-refractivity contribution in [1.29, 1.82) is 0 Å². The number of carboxylic acids is 1. The van der Waals surface area contributed by atoms with Crippen molar-refractivity contribution in [2.75, 3.05) is 11.9 Å². The van der Waals surface area contributed by atoms with Gasteiger partial charge in [-0.1, -0.05) is 29.3 Å². The molecule has 0 spiro atoms. The van der Waals surface area contributed by atoms with Gasteiger partial charge < -0.3 is 10.4 Å². The number of pyridine rings is 1. The average Bonchev–Trinajstić information content (AvgIpc) is 3.19. The van der Waals surface area contributed by atoms with E-state index in [0.29, 0.717) is 10.0 Å². The Kier molecular flexibility index (Phi) is 6.78. The molecule has 8 heteroatoms. The van der Waals surface area contributed by atoms with E-state index in [2.05, 4.69) is 22.5 Å². The summed E-state index contributed by atoms with van der Waals surface area (Å²) in [6, 6.07) is 9.43. The minimum atomic E-state index is -0.888. The first-order chi connectivity index (χ1) is 15.0. The topological polar surface area (TPSA) is 80.0 Å². The number of halogens is 2. The summed E-state index contributed by atoms with van der Waals surface area (Å²) in [5, 5.41) is 18.2. The van der Waals surface area contributed by atoms with E-state index in [9.17, 15) is 9.90 Å². The van der Waals surface area contributed by atoms with Crippen LogP contribution in [0.2, 0.25) is 10.0 Å². The number of nitrogens with zero attached hydrogens (tertiary/aromatic N) is 3. The quantitative estimate of drug-likeness (QED) is 0.485. The number of aryl methyl sites for hydroxylation is 3. The van der Waals surface area contributed by atoms with Gasteiger partial charge in [0, 0.05) is 40.9 Å². The molecule has 1 atom stereocenters. The third kappa shape index (κ3) is 5.57. The summed E-state index contributed by atoms with van der Waals surface area (Å²) in [4.78, 5) is 16.2. The van der Waals surface area contributed by atoms with Crippen molar-refractivity contribution < 1.29 is 9.90 Å². The Bertz CT molecular complexity index is 1060. The van der Waals surface area contributed by atoms with E-state index in [1.54, 1.807) is 24.4 Å². The molecule has 1 aliphatic heterocycles. The molecule has 1 aromatic carbocycles. The first-order valence-corrected chi connectivity index (χ1v) is 11.2. The molecule has 162 valence electrons. The monoisotopic (exact) mass is 458 g/mol. The number of benzene rings is 1. The van der Waals surface area contributed by atoms with Gasteiger partial charge in [-0.2, -0.15) is 5.10 Å². The van der Waals surface area contributed by atoms with Crippen molar-refractivity contribution in [3.63, 3.8) is 0 Å². The predicted molar refractivity (Wildman–Crippen MR) is 122 cm³/mol. The molecule has 2 N–H and O–H groups in total. The lowest BCUT2D eigenvalue weighted by molar-refractivity contribution is -0.137. The van der Waals surface area contributed by atoms with E-state index in [-0.39, 0.29) is 12.3 Å². The lowest BCUT2D eigenvalue weighted by Crippen LogP contribution is -2.14.